The molecule has 0 bridgehead atoms. The van der Waals surface area contributed by atoms with E-state index < -0.39 is 23.4 Å². The molecule has 3 atom stereocenters. The summed E-state index contributed by atoms with van der Waals surface area (Å²) in [7, 11) is 1.72. The third kappa shape index (κ3) is 6.72. The van der Waals surface area contributed by atoms with Crippen LogP contribution in [-0.4, -0.2) is 60.9 Å². The summed E-state index contributed by atoms with van der Waals surface area (Å²) >= 11 is 0. The highest BCUT2D eigenvalue weighted by Gasteiger charge is 2.40. The first-order chi connectivity index (χ1) is 17.1. The predicted octanol–water partition coefficient (Wildman–Crippen LogP) is 3.06. The fourth-order valence-corrected chi connectivity index (χ4v) is 4.66. The highest BCUT2D eigenvalue weighted by molar-refractivity contribution is 5.91. The first-order valence-electron chi connectivity index (χ1n) is 12.8. The van der Waals surface area contributed by atoms with Crippen molar-refractivity contribution in [2.24, 2.45) is 5.41 Å². The summed E-state index contributed by atoms with van der Waals surface area (Å²) in [6.45, 7) is 8.62. The number of carbonyl (C=O) groups is 3. The summed E-state index contributed by atoms with van der Waals surface area (Å²) < 4.78 is 0. The van der Waals surface area contributed by atoms with Crippen LogP contribution in [0.3, 0.4) is 0 Å². The van der Waals surface area contributed by atoms with E-state index in [4.69, 9.17) is 0 Å². The Hall–Kier alpha value is -3.19. The quantitative estimate of drug-likeness (QED) is 0.502. The molecule has 1 heterocycles. The van der Waals surface area contributed by atoms with E-state index >= 15 is 0 Å². The number of benzene rings is 2. The van der Waals surface area contributed by atoms with Crippen LogP contribution in [0.5, 0.6) is 0 Å². The van der Waals surface area contributed by atoms with Gasteiger partial charge < -0.3 is 20.9 Å². The average molecular weight is 493 g/mol. The Labute approximate surface area is 215 Å². The summed E-state index contributed by atoms with van der Waals surface area (Å²) in [4.78, 5) is 41.5. The molecule has 2 aromatic carbocycles. The van der Waals surface area contributed by atoms with Gasteiger partial charge in [-0.25, -0.2) is 0 Å². The van der Waals surface area contributed by atoms with Crippen LogP contribution in [-0.2, 0) is 14.4 Å². The van der Waals surface area contributed by atoms with Crippen molar-refractivity contribution in [3.8, 4) is 0 Å². The minimum Gasteiger partial charge on any atom is -0.353 e. The summed E-state index contributed by atoms with van der Waals surface area (Å²) in [6.07, 6.45) is 1.68. The molecule has 2 aromatic rings. The molecular formula is C29H40N4O3. The average Bonchev–Trinajstić information content (AvgIpc) is 3.34. The lowest BCUT2D eigenvalue weighted by atomic mass is 9.85. The number of hydrogen-bond donors (Lipinski definition) is 3. The molecule has 1 saturated heterocycles. The Bertz CT molecular complexity index is 980. The van der Waals surface area contributed by atoms with E-state index in [-0.39, 0.29) is 23.8 Å². The van der Waals surface area contributed by atoms with E-state index in [9.17, 15) is 14.4 Å². The number of nitrogens with zero attached hydrogens (tertiary/aromatic N) is 1. The van der Waals surface area contributed by atoms with Crippen molar-refractivity contribution in [1.29, 1.82) is 0 Å². The minimum atomic E-state index is -0.654. The van der Waals surface area contributed by atoms with Gasteiger partial charge in [0.1, 0.15) is 6.04 Å². The molecule has 0 radical (unpaired) electrons. The van der Waals surface area contributed by atoms with Crippen molar-refractivity contribution in [3.05, 3.63) is 71.8 Å². The molecule has 1 aliphatic rings. The summed E-state index contributed by atoms with van der Waals surface area (Å²) in [5, 5.41) is 9.00. The maximum absolute atomic E-state index is 13.6. The third-order valence-corrected chi connectivity index (χ3v) is 6.93. The summed E-state index contributed by atoms with van der Waals surface area (Å²) in [6, 6.07) is 18.3. The SMILES string of the molecule is CN[C@@H](C)C(=O)N[C@H](C(=O)N1CCC[C@H]1CNC(=O)C(c1ccccc1)c1ccccc1)C(C)(C)C. The second-order valence-electron chi connectivity index (χ2n) is 10.6. The molecule has 1 aliphatic heterocycles. The Balaban J connectivity index is 1.73. The molecule has 7 heteroatoms. The zero-order chi connectivity index (χ0) is 26.3. The molecular weight excluding hydrogens is 452 g/mol. The lowest BCUT2D eigenvalue weighted by molar-refractivity contribution is -0.140. The maximum Gasteiger partial charge on any atom is 0.246 e. The normalized spacial score (nSPS) is 17.5. The molecule has 0 unspecified atom stereocenters. The lowest BCUT2D eigenvalue weighted by Crippen LogP contribution is -2.59. The Morgan fingerprint density at radius 3 is 2.00 bits per heavy atom. The van der Waals surface area contributed by atoms with Crippen LogP contribution in [0, 0.1) is 5.41 Å². The van der Waals surface area contributed by atoms with E-state index in [1.807, 2.05) is 86.3 Å². The molecule has 7 nitrogen and oxygen atoms in total. The Morgan fingerprint density at radius 2 is 1.50 bits per heavy atom. The van der Waals surface area contributed by atoms with Gasteiger partial charge in [0.25, 0.3) is 0 Å². The second-order valence-corrected chi connectivity index (χ2v) is 10.6. The molecule has 3 amide bonds. The van der Waals surface area contributed by atoms with Gasteiger partial charge in [-0.15, -0.1) is 0 Å². The van der Waals surface area contributed by atoms with Gasteiger partial charge in [0.2, 0.25) is 17.7 Å². The Kier molecular flexibility index (Phi) is 9.26. The van der Waals surface area contributed by atoms with Crippen molar-refractivity contribution < 1.29 is 14.4 Å². The second kappa shape index (κ2) is 12.2. The first kappa shape index (κ1) is 27.4. The first-order valence-corrected chi connectivity index (χ1v) is 12.8. The molecule has 0 aromatic heterocycles. The van der Waals surface area contributed by atoms with Crippen LogP contribution in [0.4, 0.5) is 0 Å². The standard InChI is InChI=1S/C29H40N4O3/c1-20(30-5)26(34)32-25(29(2,3)4)28(36)33-18-12-17-23(33)19-31-27(35)24(21-13-8-6-9-14-21)22-15-10-7-11-16-22/h6-11,13-16,20,23-25,30H,12,17-19H2,1-5H3,(H,31,35)(H,32,34)/t20-,23-,25+/m0/s1. The highest BCUT2D eigenvalue weighted by Crippen LogP contribution is 2.27. The van der Waals surface area contributed by atoms with Gasteiger partial charge >= 0.3 is 0 Å². The molecule has 0 saturated carbocycles. The smallest absolute Gasteiger partial charge is 0.246 e. The molecule has 3 rings (SSSR count). The number of likely N-dealkylation sites (N-methyl/N-ethyl adjacent to an activating group) is 1. The van der Waals surface area contributed by atoms with Gasteiger partial charge in [-0.1, -0.05) is 81.4 Å². The summed E-state index contributed by atoms with van der Waals surface area (Å²) in [5.41, 5.74) is 1.40. The number of nitrogens with one attached hydrogen (secondary N) is 3. The monoisotopic (exact) mass is 492 g/mol. The van der Waals surface area contributed by atoms with Crippen molar-refractivity contribution in [1.82, 2.24) is 20.9 Å². The van der Waals surface area contributed by atoms with Gasteiger partial charge in [-0.05, 0) is 43.4 Å². The van der Waals surface area contributed by atoms with E-state index in [0.29, 0.717) is 13.1 Å². The fourth-order valence-electron chi connectivity index (χ4n) is 4.66. The van der Waals surface area contributed by atoms with Crippen molar-refractivity contribution in [2.75, 3.05) is 20.1 Å². The van der Waals surface area contributed by atoms with Gasteiger partial charge in [0.05, 0.1) is 12.0 Å². The van der Waals surface area contributed by atoms with Crippen LogP contribution in [0.15, 0.2) is 60.7 Å². The number of carbonyl (C=O) groups excluding carboxylic acids is 3. The third-order valence-electron chi connectivity index (χ3n) is 6.93. The van der Waals surface area contributed by atoms with E-state index in [0.717, 1.165) is 24.0 Å². The zero-order valence-corrected chi connectivity index (χ0v) is 22.1. The van der Waals surface area contributed by atoms with E-state index in [1.165, 1.54) is 0 Å². The number of rotatable bonds is 9. The number of likely N-dealkylation sites (tertiary alicyclic amines) is 1. The predicted molar refractivity (Wildman–Crippen MR) is 142 cm³/mol. The van der Waals surface area contributed by atoms with Crippen molar-refractivity contribution in [2.45, 2.75) is 64.6 Å². The molecule has 0 aliphatic carbocycles. The molecule has 194 valence electrons. The van der Waals surface area contributed by atoms with Crippen LogP contribution in [0.25, 0.3) is 0 Å². The van der Waals surface area contributed by atoms with Crippen LogP contribution < -0.4 is 16.0 Å². The van der Waals surface area contributed by atoms with Gasteiger partial charge in [0.15, 0.2) is 0 Å². The van der Waals surface area contributed by atoms with E-state index in [2.05, 4.69) is 16.0 Å². The Morgan fingerprint density at radius 1 is 0.944 bits per heavy atom. The van der Waals surface area contributed by atoms with Gasteiger partial charge in [-0.2, -0.15) is 0 Å². The molecule has 36 heavy (non-hydrogen) atoms. The summed E-state index contributed by atoms with van der Waals surface area (Å²) in [5.74, 6) is -0.820. The highest BCUT2D eigenvalue weighted by atomic mass is 16.2. The number of hydrogen-bond acceptors (Lipinski definition) is 4. The minimum absolute atomic E-state index is 0.0878. The molecule has 0 spiro atoms. The maximum atomic E-state index is 13.6. The van der Waals surface area contributed by atoms with Crippen molar-refractivity contribution in [3.63, 3.8) is 0 Å². The largest absolute Gasteiger partial charge is 0.353 e. The van der Waals surface area contributed by atoms with Crippen LogP contribution >= 0.6 is 0 Å². The zero-order valence-electron chi connectivity index (χ0n) is 22.1. The van der Waals surface area contributed by atoms with E-state index in [1.54, 1.807) is 14.0 Å². The lowest BCUT2D eigenvalue weighted by Gasteiger charge is -2.36. The van der Waals surface area contributed by atoms with Crippen molar-refractivity contribution >= 4 is 17.7 Å². The molecule has 3 N–H and O–H groups in total. The van der Waals surface area contributed by atoms with Gasteiger partial charge in [-0.3, -0.25) is 14.4 Å². The molecule has 1 fully saturated rings. The van der Waals surface area contributed by atoms with Crippen LogP contribution in [0.1, 0.15) is 57.6 Å². The fraction of sp³-hybridized carbons (Fsp3) is 0.483. The van der Waals surface area contributed by atoms with Gasteiger partial charge in [0, 0.05) is 19.1 Å². The number of amides is 3. The topological polar surface area (TPSA) is 90.5 Å². The van der Waals surface area contributed by atoms with Crippen LogP contribution in [0.2, 0.25) is 0 Å².